The van der Waals surface area contributed by atoms with Crippen molar-refractivity contribution >= 4 is 0 Å². The third-order valence-corrected chi connectivity index (χ3v) is 10.7. The summed E-state index contributed by atoms with van der Waals surface area (Å²) >= 11 is 0. The number of hydrogen-bond acceptors (Lipinski definition) is 2. The van der Waals surface area contributed by atoms with Crippen molar-refractivity contribution in [1.82, 2.24) is 0 Å². The fourth-order valence-corrected chi connectivity index (χ4v) is 8.77. The van der Waals surface area contributed by atoms with Crippen molar-refractivity contribution in [3.63, 3.8) is 0 Å². The Balaban J connectivity index is 1.50. The smallest absolute Gasteiger partial charge is 0.0608 e. The van der Waals surface area contributed by atoms with Gasteiger partial charge < -0.3 is 9.84 Å². The van der Waals surface area contributed by atoms with Gasteiger partial charge in [-0.1, -0.05) is 46.3 Å². The first kappa shape index (κ1) is 22.8. The van der Waals surface area contributed by atoms with Gasteiger partial charge in [-0.2, -0.15) is 0 Å². The van der Waals surface area contributed by atoms with Gasteiger partial charge in [-0.3, -0.25) is 0 Å². The summed E-state index contributed by atoms with van der Waals surface area (Å²) in [6.45, 7) is 12.1. The summed E-state index contributed by atoms with van der Waals surface area (Å²) in [5.74, 6) is 4.42. The second-order valence-corrected chi connectivity index (χ2v) is 12.5. The van der Waals surface area contributed by atoms with Crippen LogP contribution in [0.2, 0.25) is 0 Å². The molecule has 172 valence electrons. The molecule has 30 heavy (non-hydrogen) atoms. The average molecular weight is 417 g/mol. The number of ether oxygens (including phenoxy) is 1. The van der Waals surface area contributed by atoms with Crippen LogP contribution in [-0.4, -0.2) is 24.4 Å². The highest BCUT2D eigenvalue weighted by atomic mass is 16.5. The first-order valence-corrected chi connectivity index (χ1v) is 13.1. The molecule has 9 atom stereocenters. The van der Waals surface area contributed by atoms with Crippen LogP contribution in [0.25, 0.3) is 0 Å². The van der Waals surface area contributed by atoms with Crippen LogP contribution in [0, 0.1) is 46.3 Å². The van der Waals surface area contributed by atoms with E-state index in [0.29, 0.717) is 34.7 Å². The monoisotopic (exact) mass is 416 g/mol. The van der Waals surface area contributed by atoms with Crippen LogP contribution in [0.5, 0.6) is 0 Å². The second kappa shape index (κ2) is 8.54. The van der Waals surface area contributed by atoms with Crippen LogP contribution in [-0.2, 0) is 4.74 Å². The molecule has 4 aliphatic rings. The highest BCUT2D eigenvalue weighted by Gasteiger charge is 2.59. The van der Waals surface area contributed by atoms with Crippen molar-refractivity contribution in [2.24, 2.45) is 46.3 Å². The average Bonchev–Trinajstić information content (AvgIpc) is 3.07. The molecule has 4 aliphatic carbocycles. The highest BCUT2D eigenvalue weighted by Crippen LogP contribution is 2.67. The molecule has 0 radical (unpaired) electrons. The van der Waals surface area contributed by atoms with Gasteiger partial charge in [-0.05, 0) is 111 Å². The van der Waals surface area contributed by atoms with Gasteiger partial charge in [0.1, 0.15) is 0 Å². The van der Waals surface area contributed by atoms with E-state index in [1.165, 1.54) is 51.4 Å². The Morgan fingerprint density at radius 1 is 1.03 bits per heavy atom. The van der Waals surface area contributed by atoms with Gasteiger partial charge in [-0.15, -0.1) is 0 Å². The van der Waals surface area contributed by atoms with Crippen molar-refractivity contribution in [2.45, 2.75) is 111 Å². The van der Waals surface area contributed by atoms with E-state index >= 15 is 0 Å². The molecule has 0 aromatic carbocycles. The first-order valence-electron chi connectivity index (χ1n) is 13.1. The summed E-state index contributed by atoms with van der Waals surface area (Å²) in [7, 11) is 1.89. The number of rotatable bonds is 6. The summed E-state index contributed by atoms with van der Waals surface area (Å²) < 4.78 is 5.74. The number of allylic oxidation sites excluding steroid dienone is 1. The SMILES string of the molecule is COC1CCC2(C)C(=CCC3C2CCC2(C)C(C(C)C(O)CCC(C)C)CCC32)C1. The Morgan fingerprint density at radius 2 is 1.80 bits per heavy atom. The fourth-order valence-electron chi connectivity index (χ4n) is 8.77. The molecule has 0 aliphatic heterocycles. The molecule has 0 aromatic rings. The predicted molar refractivity (Wildman–Crippen MR) is 125 cm³/mol. The van der Waals surface area contributed by atoms with Crippen molar-refractivity contribution in [2.75, 3.05) is 7.11 Å². The van der Waals surface area contributed by atoms with Crippen LogP contribution < -0.4 is 0 Å². The number of aliphatic hydroxyl groups is 1. The molecule has 0 heterocycles. The molecular formula is C28H48O2. The van der Waals surface area contributed by atoms with Crippen molar-refractivity contribution in [1.29, 1.82) is 0 Å². The standard InChI is InChI=1S/C28H48O2/c1-18(2)7-12-26(29)19(3)23-10-11-24-22-9-8-20-17-21(30-6)13-15-27(20,4)25(22)14-16-28(23,24)5/h8,18-19,21-26,29H,7,9-17H2,1-6H3. The third-order valence-electron chi connectivity index (χ3n) is 10.7. The minimum atomic E-state index is -0.120. The van der Waals surface area contributed by atoms with Gasteiger partial charge in [0.2, 0.25) is 0 Å². The van der Waals surface area contributed by atoms with E-state index < -0.39 is 0 Å². The van der Waals surface area contributed by atoms with E-state index in [1.807, 2.05) is 7.11 Å². The second-order valence-electron chi connectivity index (χ2n) is 12.5. The lowest BCUT2D eigenvalue weighted by atomic mass is 9.47. The molecule has 3 fully saturated rings. The van der Waals surface area contributed by atoms with E-state index in [-0.39, 0.29) is 6.10 Å². The lowest BCUT2D eigenvalue weighted by Gasteiger charge is -2.58. The highest BCUT2D eigenvalue weighted by molar-refractivity contribution is 5.25. The molecule has 2 heteroatoms. The zero-order chi connectivity index (χ0) is 21.7. The molecule has 0 aromatic heterocycles. The molecule has 9 unspecified atom stereocenters. The Labute approximate surface area is 186 Å². The summed E-state index contributed by atoms with van der Waals surface area (Å²) in [4.78, 5) is 0. The zero-order valence-electron chi connectivity index (χ0n) is 20.6. The molecule has 0 bridgehead atoms. The first-order chi connectivity index (χ1) is 14.2. The topological polar surface area (TPSA) is 29.5 Å². The number of aliphatic hydroxyl groups excluding tert-OH is 1. The normalized spacial score (nSPS) is 45.3. The van der Waals surface area contributed by atoms with E-state index in [9.17, 15) is 5.11 Å². The van der Waals surface area contributed by atoms with Gasteiger partial charge in [0.05, 0.1) is 12.2 Å². The number of methoxy groups -OCH3 is 1. The maximum atomic E-state index is 11.0. The Hall–Kier alpha value is -0.340. The lowest BCUT2D eigenvalue weighted by Crippen LogP contribution is -2.51. The largest absolute Gasteiger partial charge is 0.393 e. The van der Waals surface area contributed by atoms with Crippen LogP contribution in [0.15, 0.2) is 11.6 Å². The van der Waals surface area contributed by atoms with Gasteiger partial charge in [0, 0.05) is 7.11 Å². The molecule has 0 saturated heterocycles. The minimum Gasteiger partial charge on any atom is -0.393 e. The molecule has 4 rings (SSSR count). The summed E-state index contributed by atoms with van der Waals surface area (Å²) in [5.41, 5.74) is 2.57. The van der Waals surface area contributed by atoms with Crippen LogP contribution in [0.4, 0.5) is 0 Å². The van der Waals surface area contributed by atoms with Gasteiger partial charge in [0.25, 0.3) is 0 Å². The van der Waals surface area contributed by atoms with Gasteiger partial charge in [0.15, 0.2) is 0 Å². The molecule has 0 spiro atoms. The molecule has 1 N–H and O–H groups in total. The maximum absolute atomic E-state index is 11.0. The Bertz CT molecular complexity index is 639. The van der Waals surface area contributed by atoms with Crippen molar-refractivity contribution in [3.05, 3.63) is 11.6 Å². The lowest BCUT2D eigenvalue weighted by molar-refractivity contribution is -0.0701. The third kappa shape index (κ3) is 3.72. The quantitative estimate of drug-likeness (QED) is 0.472. The number of hydrogen-bond donors (Lipinski definition) is 1. The Morgan fingerprint density at radius 3 is 2.50 bits per heavy atom. The molecule has 3 saturated carbocycles. The summed E-state index contributed by atoms with van der Waals surface area (Å²) in [6.07, 6.45) is 15.6. The Kier molecular flexibility index (Phi) is 6.50. The van der Waals surface area contributed by atoms with E-state index in [2.05, 4.69) is 40.7 Å². The predicted octanol–water partition coefficient (Wildman–Crippen LogP) is 7.01. The molecular weight excluding hydrogens is 368 g/mol. The van der Waals surface area contributed by atoms with Crippen LogP contribution >= 0.6 is 0 Å². The summed E-state index contributed by atoms with van der Waals surface area (Å²) in [6, 6.07) is 0. The van der Waals surface area contributed by atoms with Crippen LogP contribution in [0.3, 0.4) is 0 Å². The van der Waals surface area contributed by atoms with E-state index in [1.54, 1.807) is 5.57 Å². The summed E-state index contributed by atoms with van der Waals surface area (Å²) in [5, 5.41) is 11.0. The minimum absolute atomic E-state index is 0.120. The zero-order valence-corrected chi connectivity index (χ0v) is 20.6. The van der Waals surface area contributed by atoms with E-state index in [0.717, 1.165) is 30.6 Å². The maximum Gasteiger partial charge on any atom is 0.0608 e. The molecule has 0 amide bonds. The van der Waals surface area contributed by atoms with Crippen LogP contribution in [0.1, 0.15) is 98.8 Å². The number of fused-ring (bicyclic) bond motifs is 5. The fraction of sp³-hybridized carbons (Fsp3) is 0.929. The van der Waals surface area contributed by atoms with Crippen molar-refractivity contribution in [3.8, 4) is 0 Å². The van der Waals surface area contributed by atoms with E-state index in [4.69, 9.17) is 4.74 Å². The van der Waals surface area contributed by atoms with Crippen molar-refractivity contribution < 1.29 is 9.84 Å². The van der Waals surface area contributed by atoms with Gasteiger partial charge in [-0.25, -0.2) is 0 Å². The molecule has 2 nitrogen and oxygen atoms in total. The van der Waals surface area contributed by atoms with Gasteiger partial charge >= 0.3 is 0 Å².